The molecule has 17 heavy (non-hydrogen) atoms. The monoisotopic (exact) mass is 229 g/mol. The zero-order chi connectivity index (χ0) is 12.4. The van der Waals surface area contributed by atoms with Crippen LogP contribution in [0.5, 0.6) is 0 Å². The molecule has 2 rings (SSSR count). The van der Waals surface area contributed by atoms with Gasteiger partial charge >= 0.3 is 0 Å². The van der Waals surface area contributed by atoms with E-state index in [1.54, 1.807) is 24.3 Å². The summed E-state index contributed by atoms with van der Waals surface area (Å²) in [5, 5.41) is 0. The Morgan fingerprint density at radius 3 is 2.18 bits per heavy atom. The van der Waals surface area contributed by atoms with Crippen molar-refractivity contribution in [3.05, 3.63) is 47.5 Å². The number of carbonyl (C=O) groups excluding carboxylic acids is 3. The highest BCUT2D eigenvalue weighted by Gasteiger charge is 2.34. The van der Waals surface area contributed by atoms with Crippen LogP contribution in [0.3, 0.4) is 0 Å². The summed E-state index contributed by atoms with van der Waals surface area (Å²) in [5.41, 5.74) is 1.38. The Bertz CT molecular complexity index is 484. The molecule has 4 heteroatoms. The van der Waals surface area contributed by atoms with Gasteiger partial charge in [-0.3, -0.25) is 14.5 Å². The van der Waals surface area contributed by atoms with Crippen LogP contribution >= 0.6 is 0 Å². The molecule has 0 aliphatic carbocycles. The fraction of sp³-hybridized carbons (Fsp3) is 0.154. The van der Waals surface area contributed by atoms with Crippen molar-refractivity contribution in [3.8, 4) is 0 Å². The summed E-state index contributed by atoms with van der Waals surface area (Å²) in [7, 11) is 0. The quantitative estimate of drug-likeness (QED) is 0.446. The molecule has 1 aromatic carbocycles. The third-order valence-electron chi connectivity index (χ3n) is 2.63. The predicted octanol–water partition coefficient (Wildman–Crippen LogP) is 1.43. The number of amides is 2. The molecule has 0 radical (unpaired) electrons. The van der Waals surface area contributed by atoms with Crippen LogP contribution in [0.15, 0.2) is 36.4 Å². The Kier molecular flexibility index (Phi) is 2.87. The summed E-state index contributed by atoms with van der Waals surface area (Å²) in [4.78, 5) is 35.3. The average Bonchev–Trinajstić information content (AvgIpc) is 2.56. The molecule has 0 aromatic heterocycles. The van der Waals surface area contributed by atoms with Gasteiger partial charge in [0.25, 0.3) is 11.8 Å². The molecular weight excluding hydrogens is 218 g/mol. The van der Waals surface area contributed by atoms with Gasteiger partial charge < -0.3 is 4.79 Å². The molecule has 0 spiro atoms. The zero-order valence-electron chi connectivity index (χ0n) is 9.18. The molecule has 0 atom stereocenters. The largest absolute Gasteiger partial charge is 0.303 e. The van der Waals surface area contributed by atoms with Crippen LogP contribution < -0.4 is 0 Å². The predicted molar refractivity (Wildman–Crippen MR) is 61.6 cm³/mol. The minimum atomic E-state index is -0.322. The van der Waals surface area contributed by atoms with E-state index in [-0.39, 0.29) is 24.8 Å². The van der Waals surface area contributed by atoms with Crippen LogP contribution in [-0.2, 0) is 4.79 Å². The molecule has 1 heterocycles. The molecule has 0 bridgehead atoms. The van der Waals surface area contributed by atoms with Crippen LogP contribution in [-0.4, -0.2) is 29.5 Å². The number of benzene rings is 1. The van der Waals surface area contributed by atoms with Gasteiger partial charge in [0.2, 0.25) is 0 Å². The van der Waals surface area contributed by atoms with Crippen molar-refractivity contribution >= 4 is 18.1 Å². The zero-order valence-corrected chi connectivity index (χ0v) is 9.18. The fourth-order valence-corrected chi connectivity index (χ4v) is 1.79. The molecule has 4 nitrogen and oxygen atoms in total. The molecule has 1 aliphatic heterocycles. The van der Waals surface area contributed by atoms with Gasteiger partial charge in [-0.2, -0.15) is 0 Å². The normalized spacial score (nSPS) is 13.8. The van der Waals surface area contributed by atoms with E-state index in [4.69, 9.17) is 0 Å². The summed E-state index contributed by atoms with van der Waals surface area (Å²) in [5.74, 6) is -0.643. The number of aldehydes is 1. The molecule has 86 valence electrons. The molecule has 1 aromatic rings. The second-order valence-corrected chi connectivity index (χ2v) is 3.86. The van der Waals surface area contributed by atoms with E-state index in [2.05, 4.69) is 6.58 Å². The van der Waals surface area contributed by atoms with Gasteiger partial charge in [0, 0.05) is 6.42 Å². The summed E-state index contributed by atoms with van der Waals surface area (Å²) in [6.07, 6.45) is 0.869. The number of carbonyl (C=O) groups is 3. The SMILES string of the molecule is C=C(CC=O)CN1C(=O)c2ccccc2C1=O. The van der Waals surface area contributed by atoms with E-state index in [0.717, 1.165) is 4.90 Å². The maximum absolute atomic E-state index is 11.9. The molecule has 0 fully saturated rings. The van der Waals surface area contributed by atoms with E-state index in [1.807, 2.05) is 0 Å². The van der Waals surface area contributed by atoms with Crippen molar-refractivity contribution in [2.24, 2.45) is 0 Å². The van der Waals surface area contributed by atoms with Gasteiger partial charge in [-0.05, 0) is 12.1 Å². The molecule has 0 N–H and O–H groups in total. The molecule has 1 aliphatic rings. The van der Waals surface area contributed by atoms with Crippen molar-refractivity contribution in [2.75, 3.05) is 6.54 Å². The standard InChI is InChI=1S/C13H11NO3/c1-9(6-7-15)8-14-12(16)10-4-2-3-5-11(10)13(14)17/h2-5,7H,1,6,8H2. The van der Waals surface area contributed by atoms with E-state index < -0.39 is 0 Å². The lowest BCUT2D eigenvalue weighted by Crippen LogP contribution is -2.31. The Labute approximate surface area is 98.5 Å². The Balaban J connectivity index is 2.24. The van der Waals surface area contributed by atoms with E-state index in [0.29, 0.717) is 23.0 Å². The fourth-order valence-electron chi connectivity index (χ4n) is 1.79. The third kappa shape index (κ3) is 1.89. The van der Waals surface area contributed by atoms with Crippen LogP contribution in [0.4, 0.5) is 0 Å². The first-order chi connectivity index (χ1) is 8.15. The van der Waals surface area contributed by atoms with Crippen molar-refractivity contribution in [1.29, 1.82) is 0 Å². The van der Waals surface area contributed by atoms with Crippen LogP contribution in [0.1, 0.15) is 27.1 Å². The van der Waals surface area contributed by atoms with Crippen LogP contribution in [0.25, 0.3) is 0 Å². The number of fused-ring (bicyclic) bond motifs is 1. The van der Waals surface area contributed by atoms with Crippen LogP contribution in [0, 0.1) is 0 Å². The molecule has 2 amide bonds. The first kappa shape index (κ1) is 11.3. The first-order valence-corrected chi connectivity index (χ1v) is 5.20. The van der Waals surface area contributed by atoms with E-state index in [1.165, 1.54) is 0 Å². The van der Waals surface area contributed by atoms with Gasteiger partial charge in [-0.1, -0.05) is 24.3 Å². The van der Waals surface area contributed by atoms with Gasteiger partial charge in [0.15, 0.2) is 0 Å². The average molecular weight is 229 g/mol. The Hall–Kier alpha value is -2.23. The number of imide groups is 1. The minimum absolute atomic E-state index is 0.102. The highest BCUT2D eigenvalue weighted by Crippen LogP contribution is 2.23. The summed E-state index contributed by atoms with van der Waals surface area (Å²) in [6.45, 7) is 3.76. The highest BCUT2D eigenvalue weighted by atomic mass is 16.2. The number of hydrogen-bond donors (Lipinski definition) is 0. The van der Waals surface area contributed by atoms with Gasteiger partial charge in [-0.25, -0.2) is 0 Å². The van der Waals surface area contributed by atoms with Gasteiger partial charge in [0.1, 0.15) is 6.29 Å². The molecule has 0 unspecified atom stereocenters. The Morgan fingerprint density at radius 1 is 1.18 bits per heavy atom. The van der Waals surface area contributed by atoms with Crippen LogP contribution in [0.2, 0.25) is 0 Å². The highest BCUT2D eigenvalue weighted by molar-refractivity contribution is 6.21. The van der Waals surface area contributed by atoms with Crippen molar-refractivity contribution in [3.63, 3.8) is 0 Å². The summed E-state index contributed by atoms with van der Waals surface area (Å²) in [6, 6.07) is 6.68. The number of nitrogens with zero attached hydrogens (tertiary/aromatic N) is 1. The lowest BCUT2D eigenvalue weighted by atomic mass is 10.1. The molecule has 0 saturated carbocycles. The topological polar surface area (TPSA) is 54.5 Å². The van der Waals surface area contributed by atoms with Crippen molar-refractivity contribution in [2.45, 2.75) is 6.42 Å². The second-order valence-electron chi connectivity index (χ2n) is 3.86. The van der Waals surface area contributed by atoms with E-state index in [9.17, 15) is 14.4 Å². The van der Waals surface area contributed by atoms with Crippen molar-refractivity contribution < 1.29 is 14.4 Å². The van der Waals surface area contributed by atoms with E-state index >= 15 is 0 Å². The minimum Gasteiger partial charge on any atom is -0.303 e. The Morgan fingerprint density at radius 2 is 1.71 bits per heavy atom. The summed E-state index contributed by atoms with van der Waals surface area (Å²) >= 11 is 0. The maximum atomic E-state index is 11.9. The van der Waals surface area contributed by atoms with Gasteiger partial charge in [0.05, 0.1) is 17.7 Å². The molecule has 0 saturated heterocycles. The number of hydrogen-bond acceptors (Lipinski definition) is 3. The summed E-state index contributed by atoms with van der Waals surface area (Å²) < 4.78 is 0. The maximum Gasteiger partial charge on any atom is 0.261 e. The van der Waals surface area contributed by atoms with Gasteiger partial charge in [-0.15, -0.1) is 0 Å². The second kappa shape index (κ2) is 4.33. The smallest absolute Gasteiger partial charge is 0.261 e. The third-order valence-corrected chi connectivity index (χ3v) is 2.63. The van der Waals surface area contributed by atoms with Crippen molar-refractivity contribution in [1.82, 2.24) is 4.90 Å². The first-order valence-electron chi connectivity index (χ1n) is 5.20. The molecular formula is C13H11NO3. The lowest BCUT2D eigenvalue weighted by Gasteiger charge is -2.14. The number of rotatable bonds is 4. The lowest BCUT2D eigenvalue weighted by molar-refractivity contribution is -0.107.